The minimum Gasteiger partial charge on any atom is -0.393 e. The number of nitrogens with zero attached hydrogens (tertiary/aromatic N) is 1. The summed E-state index contributed by atoms with van der Waals surface area (Å²) in [4.78, 5) is 2.49. The highest BCUT2D eigenvalue weighted by Gasteiger charge is 2.39. The first-order chi connectivity index (χ1) is 6.16. The van der Waals surface area contributed by atoms with Gasteiger partial charge in [-0.1, -0.05) is 22.5 Å². The van der Waals surface area contributed by atoms with E-state index >= 15 is 0 Å². The molecule has 74 valence electrons. The molecule has 2 aliphatic heterocycles. The summed E-state index contributed by atoms with van der Waals surface area (Å²) in [5.41, 5.74) is 0. The molecule has 13 heavy (non-hydrogen) atoms. The molecular weight excluding hydrogens is 230 g/mol. The van der Waals surface area contributed by atoms with Crippen molar-refractivity contribution in [2.24, 2.45) is 0 Å². The van der Waals surface area contributed by atoms with Crippen molar-refractivity contribution in [2.75, 3.05) is 6.54 Å². The van der Waals surface area contributed by atoms with Crippen LogP contribution in [-0.4, -0.2) is 34.7 Å². The van der Waals surface area contributed by atoms with E-state index in [1.165, 1.54) is 12.8 Å². The second-order valence-corrected chi connectivity index (χ2v) is 5.32. The van der Waals surface area contributed by atoms with Crippen molar-refractivity contribution < 1.29 is 5.11 Å². The van der Waals surface area contributed by atoms with Gasteiger partial charge in [-0.2, -0.15) is 0 Å². The summed E-state index contributed by atoms with van der Waals surface area (Å²) in [6.45, 7) is 4.82. The van der Waals surface area contributed by atoms with Crippen LogP contribution in [0.3, 0.4) is 0 Å². The molecular formula is C10H16BrNO. The highest BCUT2D eigenvalue weighted by molar-refractivity contribution is 9.11. The van der Waals surface area contributed by atoms with Gasteiger partial charge in [0.1, 0.15) is 0 Å². The lowest BCUT2D eigenvalue weighted by molar-refractivity contribution is 0.0418. The van der Waals surface area contributed by atoms with Gasteiger partial charge < -0.3 is 5.11 Å². The Balaban J connectivity index is 2.02. The first-order valence-electron chi connectivity index (χ1n) is 4.94. The lowest BCUT2D eigenvalue weighted by Gasteiger charge is -2.36. The molecule has 0 aliphatic carbocycles. The first-order valence-corrected chi connectivity index (χ1v) is 5.73. The molecule has 0 aromatic carbocycles. The van der Waals surface area contributed by atoms with Crippen LogP contribution in [0.5, 0.6) is 0 Å². The van der Waals surface area contributed by atoms with Crippen LogP contribution < -0.4 is 0 Å². The predicted molar refractivity (Wildman–Crippen MR) is 56.8 cm³/mol. The predicted octanol–water partition coefficient (Wildman–Crippen LogP) is 1.88. The number of halogens is 1. The molecule has 2 atom stereocenters. The van der Waals surface area contributed by atoms with E-state index in [0.717, 1.165) is 23.9 Å². The molecule has 0 spiro atoms. The zero-order valence-corrected chi connectivity index (χ0v) is 9.33. The van der Waals surface area contributed by atoms with Crippen molar-refractivity contribution in [3.05, 3.63) is 11.1 Å². The van der Waals surface area contributed by atoms with E-state index in [2.05, 4.69) is 27.4 Å². The number of rotatable bonds is 2. The number of piperidine rings is 1. The van der Waals surface area contributed by atoms with Crippen molar-refractivity contribution in [1.82, 2.24) is 4.90 Å². The van der Waals surface area contributed by atoms with E-state index in [1.807, 2.05) is 0 Å². The minimum atomic E-state index is -0.0580. The lowest BCUT2D eigenvalue weighted by atomic mass is 10.00. The maximum absolute atomic E-state index is 9.58. The fourth-order valence-electron chi connectivity index (χ4n) is 2.70. The van der Waals surface area contributed by atoms with Crippen LogP contribution in [-0.2, 0) is 0 Å². The summed E-state index contributed by atoms with van der Waals surface area (Å²) in [7, 11) is 0. The molecule has 1 N–H and O–H groups in total. The molecule has 2 aliphatic rings. The molecule has 2 fully saturated rings. The molecule has 0 radical (unpaired) electrons. The quantitative estimate of drug-likeness (QED) is 0.804. The van der Waals surface area contributed by atoms with Gasteiger partial charge in [-0.25, -0.2) is 0 Å². The van der Waals surface area contributed by atoms with Gasteiger partial charge in [0.2, 0.25) is 0 Å². The molecule has 2 saturated heterocycles. The molecule has 2 unspecified atom stereocenters. The Kier molecular flexibility index (Phi) is 2.77. The van der Waals surface area contributed by atoms with E-state index in [1.54, 1.807) is 0 Å². The Hall–Kier alpha value is 0.140. The maximum atomic E-state index is 9.58. The summed E-state index contributed by atoms with van der Waals surface area (Å²) in [5, 5.41) is 9.58. The summed E-state index contributed by atoms with van der Waals surface area (Å²) in [5.74, 6) is 0. The Morgan fingerprint density at radius 1 is 1.38 bits per heavy atom. The molecule has 0 aromatic heterocycles. The van der Waals surface area contributed by atoms with Crippen LogP contribution in [0.2, 0.25) is 0 Å². The molecule has 2 nitrogen and oxygen atoms in total. The number of aliphatic hydroxyl groups excluding tert-OH is 1. The Morgan fingerprint density at radius 2 is 1.92 bits per heavy atom. The molecule has 0 amide bonds. The molecule has 2 bridgehead atoms. The maximum Gasteiger partial charge on any atom is 0.0570 e. The minimum absolute atomic E-state index is 0.0580. The second-order valence-electron chi connectivity index (χ2n) is 4.20. The zero-order chi connectivity index (χ0) is 9.42. The van der Waals surface area contributed by atoms with Gasteiger partial charge in [0, 0.05) is 23.1 Å². The van der Waals surface area contributed by atoms with E-state index in [-0.39, 0.29) is 6.10 Å². The summed E-state index contributed by atoms with van der Waals surface area (Å²) >= 11 is 3.41. The van der Waals surface area contributed by atoms with Gasteiger partial charge in [0.05, 0.1) is 6.10 Å². The highest BCUT2D eigenvalue weighted by Crippen LogP contribution is 2.36. The third-order valence-electron chi connectivity index (χ3n) is 3.21. The summed E-state index contributed by atoms with van der Waals surface area (Å²) < 4.78 is 1.06. The van der Waals surface area contributed by atoms with Gasteiger partial charge in [0.15, 0.2) is 0 Å². The second kappa shape index (κ2) is 3.71. The van der Waals surface area contributed by atoms with Gasteiger partial charge >= 0.3 is 0 Å². The molecule has 0 aromatic rings. The Bertz CT molecular complexity index is 205. The largest absolute Gasteiger partial charge is 0.393 e. The topological polar surface area (TPSA) is 23.5 Å². The van der Waals surface area contributed by atoms with Crippen molar-refractivity contribution in [1.29, 1.82) is 0 Å². The van der Waals surface area contributed by atoms with Gasteiger partial charge in [0.25, 0.3) is 0 Å². The average molecular weight is 246 g/mol. The van der Waals surface area contributed by atoms with Gasteiger partial charge in [-0.3, -0.25) is 4.90 Å². The molecule has 2 heterocycles. The lowest BCUT2D eigenvalue weighted by Crippen LogP contribution is -2.45. The number of fused-ring (bicyclic) bond motifs is 2. The third-order valence-corrected chi connectivity index (χ3v) is 3.46. The van der Waals surface area contributed by atoms with Crippen LogP contribution in [0.15, 0.2) is 11.1 Å². The Morgan fingerprint density at radius 3 is 2.38 bits per heavy atom. The molecule has 3 heteroatoms. The fourth-order valence-corrected chi connectivity index (χ4v) is 2.99. The van der Waals surface area contributed by atoms with E-state index in [0.29, 0.717) is 12.1 Å². The smallest absolute Gasteiger partial charge is 0.0570 e. The average Bonchev–Trinajstić information content (AvgIpc) is 2.32. The van der Waals surface area contributed by atoms with Crippen molar-refractivity contribution in [3.63, 3.8) is 0 Å². The Labute approximate surface area is 87.7 Å². The van der Waals surface area contributed by atoms with Crippen molar-refractivity contribution in [3.8, 4) is 0 Å². The van der Waals surface area contributed by atoms with E-state index in [4.69, 9.17) is 0 Å². The van der Waals surface area contributed by atoms with E-state index in [9.17, 15) is 5.11 Å². The van der Waals surface area contributed by atoms with Crippen molar-refractivity contribution >= 4 is 15.9 Å². The van der Waals surface area contributed by atoms with Crippen LogP contribution in [0.1, 0.15) is 25.7 Å². The number of aliphatic hydroxyl groups is 1. The monoisotopic (exact) mass is 245 g/mol. The normalized spacial score (nSPS) is 39.4. The van der Waals surface area contributed by atoms with Gasteiger partial charge in [-0.15, -0.1) is 0 Å². The molecule has 2 rings (SSSR count). The zero-order valence-electron chi connectivity index (χ0n) is 7.75. The van der Waals surface area contributed by atoms with Crippen LogP contribution in [0.25, 0.3) is 0 Å². The van der Waals surface area contributed by atoms with Crippen molar-refractivity contribution in [2.45, 2.75) is 43.9 Å². The molecule has 0 saturated carbocycles. The fraction of sp³-hybridized carbons (Fsp3) is 0.800. The van der Waals surface area contributed by atoms with Gasteiger partial charge in [-0.05, 0) is 25.7 Å². The third kappa shape index (κ3) is 1.97. The van der Waals surface area contributed by atoms with Crippen LogP contribution >= 0.6 is 15.9 Å². The standard InChI is InChI=1S/C10H16BrNO/c1-7(11)6-12-8-2-3-9(12)5-10(13)4-8/h8-10,13H,1-6H2. The first kappa shape index (κ1) is 9.69. The number of hydrogen-bond donors (Lipinski definition) is 1. The SMILES string of the molecule is C=C(Br)CN1C2CCC1CC(O)C2. The summed E-state index contributed by atoms with van der Waals surface area (Å²) in [6.07, 6.45) is 4.36. The number of hydrogen-bond acceptors (Lipinski definition) is 2. The van der Waals surface area contributed by atoms with Crippen LogP contribution in [0, 0.1) is 0 Å². The highest BCUT2D eigenvalue weighted by atomic mass is 79.9. The summed E-state index contributed by atoms with van der Waals surface area (Å²) in [6, 6.07) is 1.20. The van der Waals surface area contributed by atoms with Crippen LogP contribution in [0.4, 0.5) is 0 Å². The van der Waals surface area contributed by atoms with E-state index < -0.39 is 0 Å².